The lowest BCUT2D eigenvalue weighted by Crippen LogP contribution is -2.35. The molecule has 1 aliphatic rings. The Balaban J connectivity index is 1.81. The van der Waals surface area contributed by atoms with Crippen LogP contribution in [-0.4, -0.2) is 39.8 Å². The van der Waals surface area contributed by atoms with Gasteiger partial charge < -0.3 is 9.63 Å². The van der Waals surface area contributed by atoms with Crippen LogP contribution in [0.3, 0.4) is 0 Å². The molecule has 1 saturated carbocycles. The molecule has 0 amide bonds. The highest BCUT2D eigenvalue weighted by Crippen LogP contribution is 2.27. The molecule has 5 heteroatoms. The molecular weight excluding hydrogens is 242 g/mol. The largest absolute Gasteiger partial charge is 0.396 e. The predicted molar refractivity (Wildman–Crippen MR) is 72.6 cm³/mol. The molecule has 5 nitrogen and oxygen atoms in total. The normalized spacial score (nSPS) is 24.0. The molecule has 1 aromatic heterocycles. The van der Waals surface area contributed by atoms with Gasteiger partial charge in [0.25, 0.3) is 0 Å². The van der Waals surface area contributed by atoms with Crippen molar-refractivity contribution in [3.63, 3.8) is 0 Å². The highest BCUT2D eigenvalue weighted by molar-refractivity contribution is 4.87. The van der Waals surface area contributed by atoms with Crippen LogP contribution in [0.25, 0.3) is 0 Å². The number of nitrogens with zero attached hydrogens (tertiary/aromatic N) is 3. The first-order valence-corrected chi connectivity index (χ1v) is 7.35. The maximum absolute atomic E-state index is 9.16. The fraction of sp³-hybridized carbons (Fsp3) is 0.857. The summed E-state index contributed by atoms with van der Waals surface area (Å²) in [6.07, 6.45) is 6.47. The first-order chi connectivity index (χ1) is 9.22. The maximum atomic E-state index is 9.16. The Kier molecular flexibility index (Phi) is 5.34. The molecule has 1 heterocycles. The van der Waals surface area contributed by atoms with Crippen molar-refractivity contribution in [2.45, 2.75) is 58.0 Å². The van der Waals surface area contributed by atoms with Gasteiger partial charge in [0.05, 0.1) is 6.54 Å². The van der Waals surface area contributed by atoms with Crippen molar-refractivity contribution in [3.8, 4) is 0 Å². The molecule has 19 heavy (non-hydrogen) atoms. The molecule has 1 fully saturated rings. The third-order valence-electron chi connectivity index (χ3n) is 4.07. The van der Waals surface area contributed by atoms with Gasteiger partial charge in [0.15, 0.2) is 5.82 Å². The van der Waals surface area contributed by atoms with Crippen LogP contribution < -0.4 is 0 Å². The Morgan fingerprint density at radius 3 is 2.68 bits per heavy atom. The number of aromatic nitrogens is 2. The Hall–Kier alpha value is -0.940. The van der Waals surface area contributed by atoms with Gasteiger partial charge in [-0.15, -0.1) is 0 Å². The van der Waals surface area contributed by atoms with E-state index < -0.39 is 0 Å². The van der Waals surface area contributed by atoms with E-state index in [1.165, 1.54) is 0 Å². The second-order valence-electron chi connectivity index (χ2n) is 5.63. The van der Waals surface area contributed by atoms with E-state index in [4.69, 9.17) is 9.63 Å². The molecule has 0 saturated heterocycles. The lowest BCUT2D eigenvalue weighted by Gasteiger charge is -2.33. The van der Waals surface area contributed by atoms with Crippen molar-refractivity contribution in [1.29, 1.82) is 0 Å². The van der Waals surface area contributed by atoms with E-state index >= 15 is 0 Å². The Morgan fingerprint density at radius 2 is 2.05 bits per heavy atom. The van der Waals surface area contributed by atoms with Crippen LogP contribution in [0, 0.1) is 5.92 Å². The second-order valence-corrected chi connectivity index (χ2v) is 5.63. The van der Waals surface area contributed by atoms with Gasteiger partial charge in [-0.05, 0) is 45.1 Å². The zero-order chi connectivity index (χ0) is 13.7. The van der Waals surface area contributed by atoms with Crippen LogP contribution in [0.2, 0.25) is 0 Å². The monoisotopic (exact) mass is 267 g/mol. The summed E-state index contributed by atoms with van der Waals surface area (Å²) in [7, 11) is 2.12. The Labute approximate surface area is 115 Å². The molecule has 2 rings (SSSR count). The minimum atomic E-state index is 0.334. The van der Waals surface area contributed by atoms with Gasteiger partial charge in [0, 0.05) is 19.1 Å². The fourth-order valence-electron chi connectivity index (χ4n) is 2.79. The summed E-state index contributed by atoms with van der Waals surface area (Å²) >= 11 is 0. The van der Waals surface area contributed by atoms with Gasteiger partial charge >= 0.3 is 0 Å². The smallest absolute Gasteiger partial charge is 0.240 e. The SMILES string of the molecule is CCCc1noc(CN(C)C2CCC(CO)CC2)n1. The first kappa shape index (κ1) is 14.5. The van der Waals surface area contributed by atoms with Crippen molar-refractivity contribution in [3.05, 3.63) is 11.7 Å². The van der Waals surface area contributed by atoms with E-state index in [0.29, 0.717) is 18.6 Å². The summed E-state index contributed by atoms with van der Waals surface area (Å²) in [4.78, 5) is 6.71. The maximum Gasteiger partial charge on any atom is 0.240 e. The van der Waals surface area contributed by atoms with Gasteiger partial charge in [-0.25, -0.2) is 0 Å². The summed E-state index contributed by atoms with van der Waals surface area (Å²) in [6, 6.07) is 0.573. The topological polar surface area (TPSA) is 62.4 Å². The molecule has 108 valence electrons. The molecule has 1 aromatic rings. The average Bonchev–Trinajstić information content (AvgIpc) is 2.86. The zero-order valence-electron chi connectivity index (χ0n) is 12.0. The van der Waals surface area contributed by atoms with Crippen molar-refractivity contribution >= 4 is 0 Å². The number of hydrogen-bond donors (Lipinski definition) is 1. The minimum absolute atomic E-state index is 0.334. The molecule has 0 radical (unpaired) electrons. The highest BCUT2D eigenvalue weighted by atomic mass is 16.5. The lowest BCUT2D eigenvalue weighted by molar-refractivity contribution is 0.116. The molecule has 0 aliphatic heterocycles. The zero-order valence-corrected chi connectivity index (χ0v) is 12.0. The fourth-order valence-corrected chi connectivity index (χ4v) is 2.79. The van der Waals surface area contributed by atoms with Gasteiger partial charge in [0.1, 0.15) is 0 Å². The van der Waals surface area contributed by atoms with Crippen molar-refractivity contribution in [1.82, 2.24) is 15.0 Å². The average molecular weight is 267 g/mol. The van der Waals surface area contributed by atoms with E-state index in [1.807, 2.05) is 0 Å². The van der Waals surface area contributed by atoms with Crippen molar-refractivity contribution in [2.75, 3.05) is 13.7 Å². The van der Waals surface area contributed by atoms with Crippen LogP contribution >= 0.6 is 0 Å². The summed E-state index contributed by atoms with van der Waals surface area (Å²) in [6.45, 7) is 3.17. The van der Waals surface area contributed by atoms with Crippen LogP contribution in [-0.2, 0) is 13.0 Å². The number of hydrogen-bond acceptors (Lipinski definition) is 5. The summed E-state index contributed by atoms with van der Waals surface area (Å²) in [5.74, 6) is 2.04. The lowest BCUT2D eigenvalue weighted by atomic mass is 9.86. The minimum Gasteiger partial charge on any atom is -0.396 e. The molecule has 0 aromatic carbocycles. The third-order valence-corrected chi connectivity index (χ3v) is 4.07. The van der Waals surface area contributed by atoms with Crippen LogP contribution in [0.4, 0.5) is 0 Å². The molecule has 1 aliphatic carbocycles. The van der Waals surface area contributed by atoms with Gasteiger partial charge in [0.2, 0.25) is 5.89 Å². The van der Waals surface area contributed by atoms with Gasteiger partial charge in [-0.1, -0.05) is 12.1 Å². The quantitative estimate of drug-likeness (QED) is 0.854. The molecule has 1 N–H and O–H groups in total. The first-order valence-electron chi connectivity index (χ1n) is 7.35. The number of aryl methyl sites for hydroxylation is 1. The van der Waals surface area contributed by atoms with Crippen LogP contribution in [0.15, 0.2) is 4.52 Å². The summed E-state index contributed by atoms with van der Waals surface area (Å²) in [5.41, 5.74) is 0. The third kappa shape index (κ3) is 4.01. The molecular formula is C14H25N3O2. The van der Waals surface area contributed by atoms with Gasteiger partial charge in [-0.2, -0.15) is 4.98 Å². The van der Waals surface area contributed by atoms with E-state index in [1.54, 1.807) is 0 Å². The van der Waals surface area contributed by atoms with E-state index in [2.05, 4.69) is 29.0 Å². The number of aliphatic hydroxyl groups is 1. The molecule has 0 unspecified atom stereocenters. The van der Waals surface area contributed by atoms with E-state index in [-0.39, 0.29) is 0 Å². The molecule has 0 bridgehead atoms. The second kappa shape index (κ2) is 7.01. The molecule has 0 atom stereocenters. The van der Waals surface area contributed by atoms with Gasteiger partial charge in [-0.3, -0.25) is 4.90 Å². The predicted octanol–water partition coefficient (Wildman–Crippen LogP) is 2.00. The summed E-state index contributed by atoms with van der Waals surface area (Å²) < 4.78 is 5.28. The molecule has 0 spiro atoms. The van der Waals surface area contributed by atoms with E-state index in [0.717, 1.165) is 56.8 Å². The Morgan fingerprint density at radius 1 is 1.32 bits per heavy atom. The Bertz CT molecular complexity index is 373. The standard InChI is InChI=1S/C14H25N3O2/c1-3-4-13-15-14(19-16-13)9-17(2)12-7-5-11(10-18)6-8-12/h11-12,18H,3-10H2,1-2H3. The highest BCUT2D eigenvalue weighted by Gasteiger charge is 2.24. The van der Waals surface area contributed by atoms with Crippen LogP contribution in [0.1, 0.15) is 50.7 Å². The summed E-state index contributed by atoms with van der Waals surface area (Å²) in [5, 5.41) is 13.1. The van der Waals surface area contributed by atoms with Crippen molar-refractivity contribution < 1.29 is 9.63 Å². The number of rotatable bonds is 6. The number of aliphatic hydroxyl groups excluding tert-OH is 1. The van der Waals surface area contributed by atoms with Crippen molar-refractivity contribution in [2.24, 2.45) is 5.92 Å². The van der Waals surface area contributed by atoms with Crippen LogP contribution in [0.5, 0.6) is 0 Å². The van der Waals surface area contributed by atoms with E-state index in [9.17, 15) is 0 Å².